The SMILES string of the molecule is COc1cccc(C)c1-n1c(C)cc(OCc2ccc(F)cc2F)c(Br)c1=O. The highest BCUT2D eigenvalue weighted by atomic mass is 79.9. The number of hydrogen-bond donors (Lipinski definition) is 0. The van der Waals surface area contributed by atoms with Gasteiger partial charge in [-0.05, 0) is 53.5 Å². The molecule has 0 radical (unpaired) electrons. The largest absolute Gasteiger partial charge is 0.495 e. The predicted octanol–water partition coefficient (Wildman–Crippen LogP) is 5.08. The summed E-state index contributed by atoms with van der Waals surface area (Å²) in [4.78, 5) is 13.0. The topological polar surface area (TPSA) is 40.5 Å². The first-order valence-electron chi connectivity index (χ1n) is 8.46. The Balaban J connectivity index is 2.01. The van der Waals surface area contributed by atoms with Gasteiger partial charge in [-0.3, -0.25) is 9.36 Å². The number of halogens is 3. The van der Waals surface area contributed by atoms with Gasteiger partial charge in [0.2, 0.25) is 0 Å². The summed E-state index contributed by atoms with van der Waals surface area (Å²) >= 11 is 3.28. The zero-order valence-corrected chi connectivity index (χ0v) is 17.1. The molecule has 0 fully saturated rings. The highest BCUT2D eigenvalue weighted by Crippen LogP contribution is 2.30. The number of hydrogen-bond acceptors (Lipinski definition) is 3. The molecular weight excluding hydrogens is 432 g/mol. The van der Waals surface area contributed by atoms with Crippen LogP contribution in [0.15, 0.2) is 51.7 Å². The van der Waals surface area contributed by atoms with Gasteiger partial charge >= 0.3 is 0 Å². The molecule has 0 saturated heterocycles. The lowest BCUT2D eigenvalue weighted by Crippen LogP contribution is -2.23. The van der Waals surface area contributed by atoms with E-state index >= 15 is 0 Å². The highest BCUT2D eigenvalue weighted by Gasteiger charge is 2.18. The predicted molar refractivity (Wildman–Crippen MR) is 106 cm³/mol. The van der Waals surface area contributed by atoms with Crippen LogP contribution in [-0.4, -0.2) is 11.7 Å². The number of methoxy groups -OCH3 is 1. The van der Waals surface area contributed by atoms with Crippen molar-refractivity contribution in [1.29, 1.82) is 0 Å². The van der Waals surface area contributed by atoms with Crippen molar-refractivity contribution in [3.05, 3.63) is 85.7 Å². The molecule has 0 N–H and O–H groups in total. The fourth-order valence-electron chi connectivity index (χ4n) is 2.94. The molecule has 7 heteroatoms. The minimum Gasteiger partial charge on any atom is -0.495 e. The minimum atomic E-state index is -0.703. The third kappa shape index (κ3) is 3.80. The van der Waals surface area contributed by atoms with Crippen LogP contribution < -0.4 is 15.0 Å². The number of aromatic nitrogens is 1. The van der Waals surface area contributed by atoms with Gasteiger partial charge in [-0.2, -0.15) is 0 Å². The van der Waals surface area contributed by atoms with Crippen LogP contribution in [0.3, 0.4) is 0 Å². The molecule has 0 amide bonds. The number of nitrogens with zero attached hydrogens (tertiary/aromatic N) is 1. The van der Waals surface area contributed by atoms with Gasteiger partial charge in [0.1, 0.15) is 34.2 Å². The Bertz CT molecular complexity index is 1100. The number of ether oxygens (including phenoxy) is 2. The lowest BCUT2D eigenvalue weighted by atomic mass is 10.1. The van der Waals surface area contributed by atoms with Crippen molar-refractivity contribution in [2.45, 2.75) is 20.5 Å². The summed E-state index contributed by atoms with van der Waals surface area (Å²) in [6.07, 6.45) is 0. The number of pyridine rings is 1. The van der Waals surface area contributed by atoms with Gasteiger partial charge in [0.25, 0.3) is 5.56 Å². The lowest BCUT2D eigenvalue weighted by molar-refractivity contribution is 0.296. The number of rotatable bonds is 5. The molecule has 0 atom stereocenters. The normalized spacial score (nSPS) is 10.8. The molecule has 0 aliphatic rings. The van der Waals surface area contributed by atoms with Crippen LogP contribution in [0.25, 0.3) is 5.69 Å². The van der Waals surface area contributed by atoms with Gasteiger partial charge in [0.05, 0.1) is 12.8 Å². The summed E-state index contributed by atoms with van der Waals surface area (Å²) in [7, 11) is 1.54. The molecule has 146 valence electrons. The van der Waals surface area contributed by atoms with Crippen molar-refractivity contribution in [2.24, 2.45) is 0 Å². The van der Waals surface area contributed by atoms with Crippen LogP contribution in [0.5, 0.6) is 11.5 Å². The Kier molecular flexibility index (Phi) is 5.84. The Labute approximate surface area is 169 Å². The van der Waals surface area contributed by atoms with Crippen molar-refractivity contribution < 1.29 is 18.3 Å². The molecule has 0 aliphatic carbocycles. The van der Waals surface area contributed by atoms with Crippen molar-refractivity contribution in [3.63, 3.8) is 0 Å². The molecule has 1 aromatic heterocycles. The quantitative estimate of drug-likeness (QED) is 0.544. The zero-order valence-electron chi connectivity index (χ0n) is 15.6. The molecule has 4 nitrogen and oxygen atoms in total. The van der Waals surface area contributed by atoms with Crippen molar-refractivity contribution >= 4 is 15.9 Å². The summed E-state index contributed by atoms with van der Waals surface area (Å²) in [5, 5.41) is 0. The number of para-hydroxylation sites is 1. The van der Waals surface area contributed by atoms with Gasteiger partial charge in [0.15, 0.2) is 0 Å². The van der Waals surface area contributed by atoms with E-state index in [1.807, 2.05) is 19.1 Å². The van der Waals surface area contributed by atoms with E-state index in [1.165, 1.54) is 10.6 Å². The first-order chi connectivity index (χ1) is 13.3. The van der Waals surface area contributed by atoms with Crippen molar-refractivity contribution in [2.75, 3.05) is 7.11 Å². The summed E-state index contributed by atoms with van der Waals surface area (Å²) in [5.41, 5.74) is 2.00. The van der Waals surface area contributed by atoms with Crippen LogP contribution in [0.1, 0.15) is 16.8 Å². The molecule has 0 spiro atoms. The van der Waals surface area contributed by atoms with Gasteiger partial charge in [0, 0.05) is 23.4 Å². The molecule has 0 unspecified atom stereocenters. The fraction of sp³-hybridized carbons (Fsp3) is 0.190. The Morgan fingerprint density at radius 2 is 1.82 bits per heavy atom. The van der Waals surface area contributed by atoms with Gasteiger partial charge in [-0.25, -0.2) is 8.78 Å². The van der Waals surface area contributed by atoms with Crippen LogP contribution >= 0.6 is 15.9 Å². The molecule has 0 bridgehead atoms. The average Bonchev–Trinajstić information content (AvgIpc) is 2.66. The molecule has 3 rings (SSSR count). The lowest BCUT2D eigenvalue weighted by Gasteiger charge is -2.18. The molecule has 0 aliphatic heterocycles. The van der Waals surface area contributed by atoms with Crippen molar-refractivity contribution in [3.8, 4) is 17.2 Å². The van der Waals surface area contributed by atoms with Crippen molar-refractivity contribution in [1.82, 2.24) is 4.57 Å². The van der Waals surface area contributed by atoms with E-state index in [0.29, 0.717) is 17.1 Å². The summed E-state index contributed by atoms with van der Waals surface area (Å²) in [6.45, 7) is 3.52. The van der Waals surface area contributed by atoms with Gasteiger partial charge in [-0.1, -0.05) is 12.1 Å². The molecule has 2 aromatic carbocycles. The van der Waals surface area contributed by atoms with Crippen LogP contribution in [0.2, 0.25) is 0 Å². The summed E-state index contributed by atoms with van der Waals surface area (Å²) in [6, 6.07) is 10.5. The second kappa shape index (κ2) is 8.14. The Morgan fingerprint density at radius 3 is 2.50 bits per heavy atom. The van der Waals surface area contributed by atoms with E-state index in [-0.39, 0.29) is 28.0 Å². The smallest absolute Gasteiger partial charge is 0.273 e. The second-order valence-corrected chi connectivity index (χ2v) is 7.05. The number of aryl methyl sites for hydroxylation is 2. The average molecular weight is 450 g/mol. The van der Waals surface area contributed by atoms with Gasteiger partial charge < -0.3 is 9.47 Å². The monoisotopic (exact) mass is 449 g/mol. The summed E-state index contributed by atoms with van der Waals surface area (Å²) < 4.78 is 39.6. The van der Waals surface area contributed by atoms with Crippen LogP contribution in [-0.2, 0) is 6.61 Å². The van der Waals surface area contributed by atoms with E-state index in [4.69, 9.17) is 9.47 Å². The maximum atomic E-state index is 13.8. The molecular formula is C21H18BrF2NO3. The third-order valence-electron chi connectivity index (χ3n) is 4.34. The molecule has 28 heavy (non-hydrogen) atoms. The second-order valence-electron chi connectivity index (χ2n) is 6.25. The van der Waals surface area contributed by atoms with E-state index in [2.05, 4.69) is 15.9 Å². The summed E-state index contributed by atoms with van der Waals surface area (Å²) in [5.74, 6) is -0.520. The van der Waals surface area contributed by atoms with Gasteiger partial charge in [-0.15, -0.1) is 0 Å². The maximum Gasteiger partial charge on any atom is 0.273 e. The number of benzene rings is 2. The van der Waals surface area contributed by atoms with E-state index in [1.54, 1.807) is 26.2 Å². The standard InChI is InChI=1S/C21H18BrF2NO3/c1-12-5-4-6-17(27-3)20(12)25-13(2)9-18(19(22)21(25)26)28-11-14-7-8-15(23)10-16(14)24/h4-10H,11H2,1-3H3. The molecule has 0 saturated carbocycles. The molecule has 3 aromatic rings. The first-order valence-corrected chi connectivity index (χ1v) is 9.25. The Hall–Kier alpha value is -2.67. The van der Waals surface area contributed by atoms with Crippen LogP contribution in [0.4, 0.5) is 8.78 Å². The highest BCUT2D eigenvalue weighted by molar-refractivity contribution is 9.10. The van der Waals surface area contributed by atoms with E-state index < -0.39 is 11.6 Å². The fourth-order valence-corrected chi connectivity index (χ4v) is 3.35. The van der Waals surface area contributed by atoms with Crippen LogP contribution in [0, 0.1) is 25.5 Å². The Morgan fingerprint density at radius 1 is 1.07 bits per heavy atom. The van der Waals surface area contributed by atoms with E-state index in [0.717, 1.165) is 17.7 Å². The zero-order chi connectivity index (χ0) is 20.4. The molecule has 1 heterocycles. The third-order valence-corrected chi connectivity index (χ3v) is 5.07. The minimum absolute atomic E-state index is 0.138. The first kappa shape index (κ1) is 20.1. The maximum absolute atomic E-state index is 13.8. The van der Waals surface area contributed by atoms with E-state index in [9.17, 15) is 13.6 Å².